The maximum atomic E-state index is 5.12. The Morgan fingerprint density at radius 1 is 1.22 bits per heavy atom. The van der Waals surface area contributed by atoms with Crippen molar-refractivity contribution in [2.75, 3.05) is 7.11 Å². The molecule has 0 aliphatic rings. The standard InChI is InChI=1S/C12H9IN4O/c1-18-10-5-7(2-3-14-10)8-4-9-11(13)16-17-12(9)15-6-8/h2-6H,1H3,(H,15,16,17). The van der Waals surface area contributed by atoms with Gasteiger partial charge in [-0.15, -0.1) is 0 Å². The molecule has 3 rings (SSSR count). The van der Waals surface area contributed by atoms with E-state index in [1.54, 1.807) is 13.3 Å². The summed E-state index contributed by atoms with van der Waals surface area (Å²) in [5.41, 5.74) is 2.83. The summed E-state index contributed by atoms with van der Waals surface area (Å²) in [5, 5.41) is 8.03. The average Bonchev–Trinajstić information content (AvgIpc) is 2.80. The van der Waals surface area contributed by atoms with E-state index in [-0.39, 0.29) is 0 Å². The van der Waals surface area contributed by atoms with Gasteiger partial charge >= 0.3 is 0 Å². The third kappa shape index (κ3) is 1.92. The number of methoxy groups -OCH3 is 1. The third-order valence-corrected chi connectivity index (χ3v) is 3.47. The highest BCUT2D eigenvalue weighted by Crippen LogP contribution is 2.25. The zero-order valence-electron chi connectivity index (χ0n) is 9.51. The van der Waals surface area contributed by atoms with Gasteiger partial charge in [0.2, 0.25) is 5.88 Å². The Morgan fingerprint density at radius 2 is 2.11 bits per heavy atom. The number of aromatic nitrogens is 4. The van der Waals surface area contributed by atoms with Crippen LogP contribution in [0.4, 0.5) is 0 Å². The first-order valence-corrected chi connectivity index (χ1v) is 6.36. The number of ether oxygens (including phenoxy) is 1. The van der Waals surface area contributed by atoms with E-state index in [0.29, 0.717) is 5.88 Å². The van der Waals surface area contributed by atoms with Crippen LogP contribution in [0.25, 0.3) is 22.2 Å². The van der Waals surface area contributed by atoms with E-state index < -0.39 is 0 Å². The fraction of sp³-hybridized carbons (Fsp3) is 0.0833. The van der Waals surface area contributed by atoms with Crippen LogP contribution in [0.2, 0.25) is 0 Å². The highest BCUT2D eigenvalue weighted by molar-refractivity contribution is 14.1. The molecule has 0 spiro atoms. The minimum absolute atomic E-state index is 0.592. The lowest BCUT2D eigenvalue weighted by atomic mass is 10.1. The van der Waals surface area contributed by atoms with Gasteiger partial charge in [-0.05, 0) is 40.3 Å². The van der Waals surface area contributed by atoms with E-state index >= 15 is 0 Å². The Hall–Kier alpha value is -1.70. The Labute approximate surface area is 117 Å². The molecule has 3 heterocycles. The molecule has 0 bridgehead atoms. The number of H-pyrrole nitrogens is 1. The molecule has 0 saturated heterocycles. The van der Waals surface area contributed by atoms with Crippen LogP contribution in [0.15, 0.2) is 30.6 Å². The zero-order chi connectivity index (χ0) is 12.5. The Morgan fingerprint density at radius 3 is 2.94 bits per heavy atom. The lowest BCUT2D eigenvalue weighted by molar-refractivity contribution is 0.398. The van der Waals surface area contributed by atoms with Crippen LogP contribution >= 0.6 is 22.6 Å². The lowest BCUT2D eigenvalue weighted by Crippen LogP contribution is -1.88. The molecule has 1 N–H and O–H groups in total. The van der Waals surface area contributed by atoms with Crippen molar-refractivity contribution in [3.05, 3.63) is 34.3 Å². The minimum Gasteiger partial charge on any atom is -0.481 e. The van der Waals surface area contributed by atoms with Crippen LogP contribution in [-0.2, 0) is 0 Å². The van der Waals surface area contributed by atoms with Crippen molar-refractivity contribution < 1.29 is 4.74 Å². The molecule has 3 aromatic rings. The second-order valence-electron chi connectivity index (χ2n) is 3.72. The highest BCUT2D eigenvalue weighted by Gasteiger charge is 2.07. The summed E-state index contributed by atoms with van der Waals surface area (Å²) in [7, 11) is 1.60. The molecule has 18 heavy (non-hydrogen) atoms. The summed E-state index contributed by atoms with van der Waals surface area (Å²) >= 11 is 2.18. The summed E-state index contributed by atoms with van der Waals surface area (Å²) in [6, 6.07) is 5.87. The van der Waals surface area contributed by atoms with Crippen LogP contribution in [0, 0.1) is 3.70 Å². The third-order valence-electron chi connectivity index (χ3n) is 2.65. The fourth-order valence-electron chi connectivity index (χ4n) is 1.73. The van der Waals surface area contributed by atoms with Crippen molar-refractivity contribution >= 4 is 33.6 Å². The Balaban J connectivity index is 2.15. The Bertz CT molecular complexity index is 710. The van der Waals surface area contributed by atoms with Crippen LogP contribution in [-0.4, -0.2) is 27.3 Å². The van der Waals surface area contributed by atoms with Crippen LogP contribution in [0.3, 0.4) is 0 Å². The number of pyridine rings is 2. The maximum absolute atomic E-state index is 5.12. The molecule has 5 nitrogen and oxygen atoms in total. The monoisotopic (exact) mass is 352 g/mol. The van der Waals surface area contributed by atoms with E-state index in [4.69, 9.17) is 4.74 Å². The fourth-order valence-corrected chi connectivity index (χ4v) is 2.26. The molecule has 0 aliphatic heterocycles. The first kappa shape index (κ1) is 11.4. The second kappa shape index (κ2) is 4.52. The molecule has 0 aliphatic carbocycles. The molecule has 3 aromatic heterocycles. The van der Waals surface area contributed by atoms with Gasteiger partial charge in [0.15, 0.2) is 5.65 Å². The molecule has 90 valence electrons. The number of aromatic amines is 1. The van der Waals surface area contributed by atoms with Crippen molar-refractivity contribution in [1.29, 1.82) is 0 Å². The van der Waals surface area contributed by atoms with E-state index in [9.17, 15) is 0 Å². The van der Waals surface area contributed by atoms with Gasteiger partial charge in [-0.2, -0.15) is 5.10 Å². The number of nitrogens with one attached hydrogen (secondary N) is 1. The molecule has 0 fully saturated rings. The number of halogens is 1. The number of hydrogen-bond acceptors (Lipinski definition) is 4. The first-order valence-electron chi connectivity index (χ1n) is 5.28. The predicted molar refractivity (Wildman–Crippen MR) is 76.4 cm³/mol. The van der Waals surface area contributed by atoms with E-state index in [2.05, 4.69) is 48.8 Å². The first-order chi connectivity index (χ1) is 8.78. The SMILES string of the molecule is COc1cc(-c2cnc3[nH]nc(I)c3c2)ccn1. The minimum atomic E-state index is 0.592. The van der Waals surface area contributed by atoms with Crippen molar-refractivity contribution in [3.8, 4) is 17.0 Å². The van der Waals surface area contributed by atoms with Crippen LogP contribution in [0.1, 0.15) is 0 Å². The number of nitrogens with zero attached hydrogens (tertiary/aromatic N) is 3. The van der Waals surface area contributed by atoms with E-state index in [0.717, 1.165) is 25.9 Å². The number of hydrogen-bond donors (Lipinski definition) is 1. The van der Waals surface area contributed by atoms with Gasteiger partial charge in [0, 0.05) is 24.0 Å². The molecule has 0 amide bonds. The Kier molecular flexibility index (Phi) is 2.86. The van der Waals surface area contributed by atoms with Crippen LogP contribution in [0.5, 0.6) is 5.88 Å². The number of rotatable bonds is 2. The van der Waals surface area contributed by atoms with Crippen molar-refractivity contribution in [2.24, 2.45) is 0 Å². The quantitative estimate of drug-likeness (QED) is 0.721. The van der Waals surface area contributed by atoms with E-state index in [1.165, 1.54) is 0 Å². The highest BCUT2D eigenvalue weighted by atomic mass is 127. The van der Waals surface area contributed by atoms with Gasteiger partial charge in [-0.1, -0.05) is 0 Å². The van der Waals surface area contributed by atoms with Crippen molar-refractivity contribution in [2.45, 2.75) is 0 Å². The number of fused-ring (bicyclic) bond motifs is 1. The van der Waals surface area contributed by atoms with Gasteiger partial charge in [0.1, 0.15) is 3.70 Å². The van der Waals surface area contributed by atoms with Crippen molar-refractivity contribution in [1.82, 2.24) is 20.2 Å². The molecular weight excluding hydrogens is 343 g/mol. The maximum Gasteiger partial charge on any atom is 0.213 e. The van der Waals surface area contributed by atoms with Gasteiger partial charge < -0.3 is 4.74 Å². The second-order valence-corrected chi connectivity index (χ2v) is 4.74. The van der Waals surface area contributed by atoms with Gasteiger partial charge in [0.25, 0.3) is 0 Å². The predicted octanol–water partition coefficient (Wildman–Crippen LogP) is 2.63. The topological polar surface area (TPSA) is 63.7 Å². The lowest BCUT2D eigenvalue weighted by Gasteiger charge is -2.03. The smallest absolute Gasteiger partial charge is 0.213 e. The van der Waals surface area contributed by atoms with E-state index in [1.807, 2.05) is 18.3 Å². The summed E-state index contributed by atoms with van der Waals surface area (Å²) in [6.45, 7) is 0. The normalized spacial score (nSPS) is 10.8. The average molecular weight is 352 g/mol. The summed E-state index contributed by atoms with van der Waals surface area (Å²) in [6.07, 6.45) is 3.53. The molecule has 6 heteroatoms. The molecule has 0 saturated carbocycles. The zero-order valence-corrected chi connectivity index (χ0v) is 11.7. The summed E-state index contributed by atoms with van der Waals surface area (Å²) < 4.78 is 6.04. The summed E-state index contributed by atoms with van der Waals surface area (Å²) in [4.78, 5) is 8.44. The largest absolute Gasteiger partial charge is 0.481 e. The summed E-state index contributed by atoms with van der Waals surface area (Å²) in [5.74, 6) is 0.592. The van der Waals surface area contributed by atoms with Gasteiger partial charge in [0.05, 0.1) is 12.5 Å². The molecule has 0 unspecified atom stereocenters. The molecular formula is C12H9IN4O. The van der Waals surface area contributed by atoms with Gasteiger partial charge in [-0.25, -0.2) is 9.97 Å². The molecule has 0 atom stereocenters. The molecule has 0 radical (unpaired) electrons. The van der Waals surface area contributed by atoms with Crippen LogP contribution < -0.4 is 4.74 Å². The van der Waals surface area contributed by atoms with Crippen molar-refractivity contribution in [3.63, 3.8) is 0 Å². The van der Waals surface area contributed by atoms with Gasteiger partial charge in [-0.3, -0.25) is 5.10 Å². The molecule has 0 aromatic carbocycles.